The van der Waals surface area contributed by atoms with Gasteiger partial charge >= 0.3 is 5.97 Å². The number of carbonyl (C=O) groups is 2. The van der Waals surface area contributed by atoms with Gasteiger partial charge in [-0.05, 0) is 61.7 Å². The fourth-order valence-electron chi connectivity index (χ4n) is 4.04. The number of aryl methyl sites for hydroxylation is 1. The number of fused-ring (bicyclic) bond motifs is 1. The molecular formula is C23H26N2O3. The lowest BCUT2D eigenvalue weighted by molar-refractivity contribution is -0.136. The van der Waals surface area contributed by atoms with Crippen LogP contribution in [0.2, 0.25) is 0 Å². The molecule has 0 N–H and O–H groups in total. The van der Waals surface area contributed by atoms with E-state index in [0.717, 1.165) is 51.0 Å². The highest BCUT2D eigenvalue weighted by Crippen LogP contribution is 2.32. The van der Waals surface area contributed by atoms with E-state index in [4.69, 9.17) is 4.74 Å². The van der Waals surface area contributed by atoms with Gasteiger partial charge in [-0.25, -0.2) is 0 Å². The first kappa shape index (κ1) is 18.7. The SMILES string of the molecule is CN1CCN(C(=O)c2ccc(OC(=O)C3CCCc4ccccc43)cc2)CC1. The van der Waals surface area contributed by atoms with Gasteiger partial charge in [0, 0.05) is 31.7 Å². The number of hydrogen-bond donors (Lipinski definition) is 0. The standard InChI is InChI=1S/C23H26N2O3/c1-24-13-15-25(16-14-24)22(26)18-9-11-19(12-10-18)28-23(27)21-8-4-6-17-5-2-3-7-20(17)21/h2-3,5,7,9-12,21H,4,6,8,13-16H2,1H3. The summed E-state index contributed by atoms with van der Waals surface area (Å²) >= 11 is 0. The molecule has 1 aliphatic carbocycles. The molecule has 1 amide bonds. The van der Waals surface area contributed by atoms with Crippen LogP contribution >= 0.6 is 0 Å². The lowest BCUT2D eigenvalue weighted by Crippen LogP contribution is -2.47. The summed E-state index contributed by atoms with van der Waals surface area (Å²) in [6.07, 6.45) is 2.83. The molecule has 1 aliphatic heterocycles. The van der Waals surface area contributed by atoms with Gasteiger partial charge < -0.3 is 14.5 Å². The Morgan fingerprint density at radius 2 is 1.68 bits per heavy atom. The molecule has 1 unspecified atom stereocenters. The molecule has 0 aromatic heterocycles. The van der Waals surface area contributed by atoms with E-state index in [1.165, 1.54) is 5.56 Å². The van der Waals surface area contributed by atoms with E-state index < -0.39 is 0 Å². The number of ether oxygens (including phenoxy) is 1. The smallest absolute Gasteiger partial charge is 0.318 e. The molecule has 1 atom stereocenters. The van der Waals surface area contributed by atoms with Gasteiger partial charge in [-0.3, -0.25) is 9.59 Å². The van der Waals surface area contributed by atoms with Crippen LogP contribution in [-0.4, -0.2) is 54.9 Å². The van der Waals surface area contributed by atoms with Crippen molar-refractivity contribution in [2.45, 2.75) is 25.2 Å². The topological polar surface area (TPSA) is 49.9 Å². The average molecular weight is 378 g/mol. The lowest BCUT2D eigenvalue weighted by Gasteiger charge is -2.32. The number of piperazine rings is 1. The number of nitrogens with zero attached hydrogens (tertiary/aromatic N) is 2. The van der Waals surface area contributed by atoms with Gasteiger partial charge in [0.15, 0.2) is 0 Å². The minimum atomic E-state index is -0.217. The second-order valence-corrected chi connectivity index (χ2v) is 7.68. The van der Waals surface area contributed by atoms with Crippen LogP contribution < -0.4 is 4.74 Å². The maximum atomic E-state index is 12.7. The lowest BCUT2D eigenvalue weighted by atomic mass is 9.83. The van der Waals surface area contributed by atoms with Crippen molar-refractivity contribution < 1.29 is 14.3 Å². The van der Waals surface area contributed by atoms with Gasteiger partial charge in [0.1, 0.15) is 5.75 Å². The Bertz CT molecular complexity index is 854. The van der Waals surface area contributed by atoms with Crippen molar-refractivity contribution in [2.24, 2.45) is 0 Å². The minimum absolute atomic E-state index is 0.0344. The first-order chi connectivity index (χ1) is 13.6. The average Bonchev–Trinajstić information content (AvgIpc) is 2.74. The first-order valence-electron chi connectivity index (χ1n) is 9.99. The molecule has 0 bridgehead atoms. The highest BCUT2D eigenvalue weighted by atomic mass is 16.5. The maximum absolute atomic E-state index is 12.7. The fourth-order valence-corrected chi connectivity index (χ4v) is 4.04. The molecule has 0 radical (unpaired) electrons. The van der Waals surface area contributed by atoms with Gasteiger partial charge in [0.05, 0.1) is 5.92 Å². The summed E-state index contributed by atoms with van der Waals surface area (Å²) in [7, 11) is 2.07. The van der Waals surface area contributed by atoms with Gasteiger partial charge in [-0.2, -0.15) is 0 Å². The zero-order valence-corrected chi connectivity index (χ0v) is 16.3. The fraction of sp³-hybridized carbons (Fsp3) is 0.391. The molecule has 146 valence electrons. The molecule has 5 heteroatoms. The van der Waals surface area contributed by atoms with Crippen LogP contribution in [0.4, 0.5) is 0 Å². The van der Waals surface area contributed by atoms with E-state index in [1.807, 2.05) is 23.1 Å². The van der Waals surface area contributed by atoms with Gasteiger partial charge in [-0.15, -0.1) is 0 Å². The van der Waals surface area contributed by atoms with Crippen molar-refractivity contribution in [2.75, 3.05) is 33.2 Å². The van der Waals surface area contributed by atoms with Crippen molar-refractivity contribution in [3.05, 3.63) is 65.2 Å². The normalized spacial score (nSPS) is 19.8. The monoisotopic (exact) mass is 378 g/mol. The van der Waals surface area contributed by atoms with Gasteiger partial charge in [0.25, 0.3) is 5.91 Å². The van der Waals surface area contributed by atoms with Crippen molar-refractivity contribution in [3.8, 4) is 5.75 Å². The third-order valence-electron chi connectivity index (χ3n) is 5.76. The van der Waals surface area contributed by atoms with E-state index in [2.05, 4.69) is 18.0 Å². The summed E-state index contributed by atoms with van der Waals surface area (Å²) in [5.41, 5.74) is 2.96. The summed E-state index contributed by atoms with van der Waals surface area (Å²) in [6.45, 7) is 3.27. The largest absolute Gasteiger partial charge is 0.426 e. The van der Waals surface area contributed by atoms with Crippen LogP contribution in [0.3, 0.4) is 0 Å². The quantitative estimate of drug-likeness (QED) is 0.608. The predicted molar refractivity (Wildman–Crippen MR) is 108 cm³/mol. The number of esters is 1. The molecule has 0 spiro atoms. The van der Waals surface area contributed by atoms with E-state index in [1.54, 1.807) is 24.3 Å². The molecule has 28 heavy (non-hydrogen) atoms. The summed E-state index contributed by atoms with van der Waals surface area (Å²) in [4.78, 5) is 29.4. The molecular weight excluding hydrogens is 352 g/mol. The summed E-state index contributed by atoms with van der Waals surface area (Å²) < 4.78 is 5.63. The third-order valence-corrected chi connectivity index (χ3v) is 5.76. The van der Waals surface area contributed by atoms with Crippen LogP contribution in [0, 0.1) is 0 Å². The molecule has 4 rings (SSSR count). The Labute approximate surface area is 165 Å². The maximum Gasteiger partial charge on any atom is 0.318 e. The van der Waals surface area contributed by atoms with Gasteiger partial charge in [0.2, 0.25) is 0 Å². The molecule has 2 aromatic carbocycles. The number of likely N-dealkylation sites (N-methyl/N-ethyl adjacent to an activating group) is 1. The zero-order valence-electron chi connectivity index (χ0n) is 16.3. The third kappa shape index (κ3) is 3.94. The van der Waals surface area contributed by atoms with E-state index in [9.17, 15) is 9.59 Å². The van der Waals surface area contributed by atoms with Crippen molar-refractivity contribution in [1.29, 1.82) is 0 Å². The molecule has 2 aliphatic rings. The second-order valence-electron chi connectivity index (χ2n) is 7.68. The Balaban J connectivity index is 1.41. The highest BCUT2D eigenvalue weighted by molar-refractivity contribution is 5.94. The van der Waals surface area contributed by atoms with E-state index >= 15 is 0 Å². The number of rotatable bonds is 3. The summed E-state index contributed by atoms with van der Waals surface area (Å²) in [5.74, 6) is 0.0945. The number of carbonyl (C=O) groups excluding carboxylic acids is 2. The van der Waals surface area contributed by atoms with Crippen molar-refractivity contribution in [1.82, 2.24) is 9.80 Å². The van der Waals surface area contributed by atoms with E-state index in [0.29, 0.717) is 11.3 Å². The van der Waals surface area contributed by atoms with E-state index in [-0.39, 0.29) is 17.8 Å². The Kier molecular flexibility index (Phi) is 5.44. The molecule has 5 nitrogen and oxygen atoms in total. The van der Waals surface area contributed by atoms with Crippen LogP contribution in [0.1, 0.15) is 40.2 Å². The van der Waals surface area contributed by atoms with Crippen LogP contribution in [0.5, 0.6) is 5.75 Å². The Morgan fingerprint density at radius 3 is 2.43 bits per heavy atom. The number of amides is 1. The molecule has 2 aromatic rings. The highest BCUT2D eigenvalue weighted by Gasteiger charge is 2.28. The molecule has 1 fully saturated rings. The molecule has 0 saturated carbocycles. The molecule has 1 heterocycles. The van der Waals surface area contributed by atoms with Crippen molar-refractivity contribution in [3.63, 3.8) is 0 Å². The predicted octanol–water partition coefficient (Wildman–Crippen LogP) is 3.10. The number of hydrogen-bond acceptors (Lipinski definition) is 4. The zero-order chi connectivity index (χ0) is 19.5. The minimum Gasteiger partial charge on any atom is -0.426 e. The summed E-state index contributed by atoms with van der Waals surface area (Å²) in [5, 5.41) is 0. The van der Waals surface area contributed by atoms with Crippen LogP contribution in [0.15, 0.2) is 48.5 Å². The first-order valence-corrected chi connectivity index (χ1v) is 9.99. The molecule has 1 saturated heterocycles. The van der Waals surface area contributed by atoms with Crippen LogP contribution in [0.25, 0.3) is 0 Å². The summed E-state index contributed by atoms with van der Waals surface area (Å²) in [6, 6.07) is 15.0. The second kappa shape index (κ2) is 8.15. The van der Waals surface area contributed by atoms with Gasteiger partial charge in [-0.1, -0.05) is 24.3 Å². The Morgan fingerprint density at radius 1 is 0.964 bits per heavy atom. The van der Waals surface area contributed by atoms with Crippen molar-refractivity contribution >= 4 is 11.9 Å². The number of benzene rings is 2. The Hall–Kier alpha value is -2.66. The van der Waals surface area contributed by atoms with Crippen LogP contribution in [-0.2, 0) is 11.2 Å².